The van der Waals surface area contributed by atoms with Crippen molar-refractivity contribution < 1.29 is 4.58 Å². The molecule has 1 aromatic heterocycles. The summed E-state index contributed by atoms with van der Waals surface area (Å²) in [6.07, 6.45) is 11.2. The fourth-order valence-corrected chi connectivity index (χ4v) is 7.86. The maximum absolute atomic E-state index is 6.63. The fourth-order valence-electron chi connectivity index (χ4n) is 7.42. The van der Waals surface area contributed by atoms with Gasteiger partial charge in [0.15, 0.2) is 0 Å². The molecule has 0 radical (unpaired) electrons. The van der Waals surface area contributed by atoms with Crippen molar-refractivity contribution in [1.82, 2.24) is 4.57 Å². The van der Waals surface area contributed by atoms with Gasteiger partial charge in [0.05, 0.1) is 10.9 Å². The molecule has 0 fully saturated rings. The third kappa shape index (κ3) is 4.61. The number of allylic oxidation sites excluding steroid dienone is 5. The van der Waals surface area contributed by atoms with Crippen LogP contribution in [0.2, 0.25) is 10.0 Å². The summed E-state index contributed by atoms with van der Waals surface area (Å²) >= 11 is 13.3. The van der Waals surface area contributed by atoms with Gasteiger partial charge >= 0.3 is 0 Å². The van der Waals surface area contributed by atoms with E-state index < -0.39 is 0 Å². The van der Waals surface area contributed by atoms with Crippen molar-refractivity contribution in [2.24, 2.45) is 0 Å². The maximum Gasteiger partial charge on any atom is 0.214 e. The van der Waals surface area contributed by atoms with Crippen LogP contribution >= 0.6 is 23.2 Å². The van der Waals surface area contributed by atoms with Crippen LogP contribution in [-0.4, -0.2) is 21.4 Å². The quantitative estimate of drug-likeness (QED) is 0.172. The van der Waals surface area contributed by atoms with Crippen LogP contribution in [0.15, 0.2) is 126 Å². The average molecular weight is 640 g/mol. The molecule has 8 rings (SSSR count). The van der Waals surface area contributed by atoms with Gasteiger partial charge in [-0.05, 0) is 80.3 Å². The predicted octanol–water partition coefficient (Wildman–Crippen LogP) is 10.6. The number of aromatic nitrogens is 1. The molecule has 6 aromatic rings. The van der Waals surface area contributed by atoms with Gasteiger partial charge in [0.1, 0.15) is 6.54 Å². The van der Waals surface area contributed by atoms with Crippen molar-refractivity contribution in [2.75, 3.05) is 11.9 Å². The topological polar surface area (TPSA) is 20.0 Å². The Kier molecular flexibility index (Phi) is 7.32. The van der Waals surface area contributed by atoms with Crippen LogP contribution < -0.4 is 10.7 Å². The van der Waals surface area contributed by atoms with Gasteiger partial charge in [0.2, 0.25) is 11.4 Å². The average Bonchev–Trinajstić information content (AvgIpc) is 3.72. The second-order valence-electron chi connectivity index (χ2n) is 11.9. The van der Waals surface area contributed by atoms with Crippen molar-refractivity contribution >= 4 is 78.8 Å². The molecule has 0 unspecified atom stereocenters. The SMILES string of the molecule is CCn1c(=CC=C2CCC(C=CC3=[N+](CC)c4ccc(Cl)c5cccc3c45)=C2Nc2ccccc2)c2cccc3c(Cl)ccc1c32. The molecule has 0 saturated carbocycles. The van der Waals surface area contributed by atoms with E-state index in [-0.39, 0.29) is 0 Å². The van der Waals surface area contributed by atoms with E-state index in [0.29, 0.717) is 0 Å². The Labute approximate surface area is 279 Å². The lowest BCUT2D eigenvalue weighted by Gasteiger charge is -2.11. The highest BCUT2D eigenvalue weighted by atomic mass is 35.5. The van der Waals surface area contributed by atoms with Crippen molar-refractivity contribution in [3.05, 3.63) is 147 Å². The molecular formula is C41H34Cl2N3+. The Balaban J connectivity index is 1.26. The van der Waals surface area contributed by atoms with Gasteiger partial charge < -0.3 is 9.88 Å². The first-order valence-electron chi connectivity index (χ1n) is 16.1. The van der Waals surface area contributed by atoms with Crippen molar-refractivity contribution in [3.63, 3.8) is 0 Å². The lowest BCUT2D eigenvalue weighted by Crippen LogP contribution is -2.14. The third-order valence-corrected chi connectivity index (χ3v) is 10.2. The summed E-state index contributed by atoms with van der Waals surface area (Å²) in [6.45, 7) is 6.18. The largest absolute Gasteiger partial charge is 0.355 e. The Morgan fingerprint density at radius 1 is 0.739 bits per heavy atom. The van der Waals surface area contributed by atoms with Crippen LogP contribution in [0.5, 0.6) is 0 Å². The van der Waals surface area contributed by atoms with Crippen LogP contribution in [-0.2, 0) is 6.54 Å². The number of hydrogen-bond donors (Lipinski definition) is 1. The second-order valence-corrected chi connectivity index (χ2v) is 12.7. The summed E-state index contributed by atoms with van der Waals surface area (Å²) in [4.78, 5) is 0. The summed E-state index contributed by atoms with van der Waals surface area (Å²) in [6, 6.07) is 31.7. The first-order valence-corrected chi connectivity index (χ1v) is 16.8. The number of halogens is 2. The van der Waals surface area contributed by atoms with E-state index in [1.54, 1.807) is 0 Å². The van der Waals surface area contributed by atoms with E-state index in [1.165, 1.54) is 60.8 Å². The monoisotopic (exact) mass is 638 g/mol. The zero-order valence-electron chi connectivity index (χ0n) is 25.9. The molecule has 5 aromatic carbocycles. The number of hydrogen-bond acceptors (Lipinski definition) is 1. The zero-order valence-corrected chi connectivity index (χ0v) is 27.5. The van der Waals surface area contributed by atoms with E-state index in [1.807, 2.05) is 12.1 Å². The van der Waals surface area contributed by atoms with Gasteiger partial charge in [-0.25, -0.2) is 0 Å². The molecule has 1 N–H and O–H groups in total. The van der Waals surface area contributed by atoms with Gasteiger partial charge in [0, 0.05) is 72.5 Å². The van der Waals surface area contributed by atoms with E-state index in [2.05, 4.69) is 131 Å². The van der Waals surface area contributed by atoms with Crippen molar-refractivity contribution in [2.45, 2.75) is 33.2 Å². The van der Waals surface area contributed by atoms with E-state index in [9.17, 15) is 0 Å². The van der Waals surface area contributed by atoms with Crippen LogP contribution in [0.4, 0.5) is 11.4 Å². The van der Waals surface area contributed by atoms with Crippen molar-refractivity contribution in [3.8, 4) is 0 Å². The van der Waals surface area contributed by atoms with E-state index in [0.717, 1.165) is 52.4 Å². The Morgan fingerprint density at radius 3 is 2.26 bits per heavy atom. The second kappa shape index (κ2) is 11.7. The highest BCUT2D eigenvalue weighted by molar-refractivity contribution is 6.38. The minimum atomic E-state index is 0.796. The van der Waals surface area contributed by atoms with Gasteiger partial charge in [-0.15, -0.1) is 0 Å². The Bertz CT molecular complexity index is 2370. The van der Waals surface area contributed by atoms with Gasteiger partial charge in [-0.3, -0.25) is 0 Å². The smallest absolute Gasteiger partial charge is 0.214 e. The minimum Gasteiger partial charge on any atom is -0.355 e. The zero-order chi connectivity index (χ0) is 31.4. The minimum absolute atomic E-state index is 0.796. The molecule has 0 atom stereocenters. The highest BCUT2D eigenvalue weighted by Crippen LogP contribution is 2.40. The molecule has 46 heavy (non-hydrogen) atoms. The molecule has 0 spiro atoms. The standard InChI is InChI=1S/C41H33Cl2N3/c1-3-45-35(31-14-8-12-29-33(42)20-24-37(45)39(29)31)22-18-26-16-17-27(41(26)44-28-10-6-5-7-11-28)19-23-36-32-15-9-13-30-34(43)21-25-38(40(30)32)46(36)4-2/h5-15,18-25H,3-4,16-17H2,1-2H3/p+1. The van der Waals surface area contributed by atoms with Gasteiger partial charge in [0.25, 0.3) is 0 Å². The van der Waals surface area contributed by atoms with Crippen LogP contribution in [0, 0.1) is 0 Å². The molecular weight excluding hydrogens is 605 g/mol. The molecule has 0 bridgehead atoms. The number of nitrogens with one attached hydrogen (secondary N) is 1. The summed E-state index contributed by atoms with van der Waals surface area (Å²) in [5.41, 5.74) is 9.76. The molecule has 0 saturated heterocycles. The summed E-state index contributed by atoms with van der Waals surface area (Å²) in [5.74, 6) is 0. The normalized spacial score (nSPS) is 16.2. The van der Waals surface area contributed by atoms with Crippen molar-refractivity contribution in [1.29, 1.82) is 0 Å². The lowest BCUT2D eigenvalue weighted by atomic mass is 10.0. The first-order chi connectivity index (χ1) is 22.6. The molecule has 0 amide bonds. The maximum atomic E-state index is 6.63. The molecule has 2 heterocycles. The lowest BCUT2D eigenvalue weighted by molar-refractivity contribution is -0.430. The summed E-state index contributed by atoms with van der Waals surface area (Å²) in [7, 11) is 0. The Morgan fingerprint density at radius 2 is 1.48 bits per heavy atom. The molecule has 1 aliphatic heterocycles. The molecule has 1 aliphatic carbocycles. The summed E-state index contributed by atoms with van der Waals surface area (Å²) in [5, 5.41) is 12.5. The number of benzene rings is 5. The highest BCUT2D eigenvalue weighted by Gasteiger charge is 2.30. The molecule has 226 valence electrons. The van der Waals surface area contributed by atoms with E-state index >= 15 is 0 Å². The number of nitrogens with zero attached hydrogens (tertiary/aromatic N) is 2. The Hall–Kier alpha value is -4.57. The predicted molar refractivity (Wildman–Crippen MR) is 197 cm³/mol. The first kappa shape index (κ1) is 28.9. The molecule has 2 aliphatic rings. The van der Waals surface area contributed by atoms with Crippen LogP contribution in [0.25, 0.3) is 38.5 Å². The number of aryl methyl sites for hydroxylation is 1. The number of para-hydroxylation sites is 1. The van der Waals surface area contributed by atoms with Gasteiger partial charge in [-0.2, -0.15) is 4.58 Å². The fraction of sp³-hybridized carbons (Fsp3) is 0.146. The molecule has 5 heteroatoms. The number of anilines is 1. The number of rotatable bonds is 7. The van der Waals surface area contributed by atoms with E-state index in [4.69, 9.17) is 23.2 Å². The van der Waals surface area contributed by atoms with Crippen LogP contribution in [0.3, 0.4) is 0 Å². The third-order valence-electron chi connectivity index (χ3n) is 9.51. The molecule has 3 nitrogen and oxygen atoms in total. The summed E-state index contributed by atoms with van der Waals surface area (Å²) < 4.78 is 4.80. The van der Waals surface area contributed by atoms with Crippen LogP contribution in [0.1, 0.15) is 32.3 Å². The van der Waals surface area contributed by atoms with Gasteiger partial charge in [-0.1, -0.05) is 83.9 Å².